The number of carbonyl (C=O) groups is 3. The quantitative estimate of drug-likeness (QED) is 0.303. The van der Waals surface area contributed by atoms with Crippen LogP contribution in [0.3, 0.4) is 0 Å². The van der Waals surface area contributed by atoms with Crippen molar-refractivity contribution in [3.63, 3.8) is 0 Å². The summed E-state index contributed by atoms with van der Waals surface area (Å²) in [7, 11) is 0. The van der Waals surface area contributed by atoms with Crippen molar-refractivity contribution in [1.82, 2.24) is 26.0 Å². The van der Waals surface area contributed by atoms with Crippen molar-refractivity contribution in [3.05, 3.63) is 83.4 Å². The number of hydrazine groups is 1. The number of hydrogen-bond acceptors (Lipinski definition) is 6. The van der Waals surface area contributed by atoms with Gasteiger partial charge in [-0.2, -0.15) is 0 Å². The molecule has 1 unspecified atom stereocenters. The van der Waals surface area contributed by atoms with Crippen molar-refractivity contribution in [1.29, 1.82) is 0 Å². The Morgan fingerprint density at radius 1 is 0.953 bits per heavy atom. The summed E-state index contributed by atoms with van der Waals surface area (Å²) in [5, 5.41) is 5.46. The van der Waals surface area contributed by atoms with Crippen molar-refractivity contribution in [2.24, 2.45) is 0 Å². The van der Waals surface area contributed by atoms with E-state index in [1.165, 1.54) is 0 Å². The minimum Gasteiger partial charge on any atom is -0.443 e. The molecule has 4 rings (SSSR count). The van der Waals surface area contributed by atoms with Crippen LogP contribution in [0.15, 0.2) is 66.7 Å². The third kappa shape index (κ3) is 9.69. The summed E-state index contributed by atoms with van der Waals surface area (Å²) in [5.74, 6) is -0.471. The van der Waals surface area contributed by atoms with E-state index in [0.29, 0.717) is 18.7 Å². The zero-order valence-corrected chi connectivity index (χ0v) is 25.5. The first-order chi connectivity index (χ1) is 20.6. The van der Waals surface area contributed by atoms with Gasteiger partial charge in [-0.05, 0) is 68.1 Å². The van der Waals surface area contributed by atoms with E-state index in [2.05, 4.69) is 45.3 Å². The van der Waals surface area contributed by atoms with Gasteiger partial charge in [-0.1, -0.05) is 54.6 Å². The molecule has 230 valence electrons. The molecule has 43 heavy (non-hydrogen) atoms. The molecule has 1 saturated heterocycles. The van der Waals surface area contributed by atoms with Gasteiger partial charge in [0.1, 0.15) is 5.60 Å². The van der Waals surface area contributed by atoms with Gasteiger partial charge in [0.2, 0.25) is 0 Å². The lowest BCUT2D eigenvalue weighted by Crippen LogP contribution is -2.44. The van der Waals surface area contributed by atoms with E-state index in [1.807, 2.05) is 42.2 Å². The van der Waals surface area contributed by atoms with Gasteiger partial charge in [0.05, 0.1) is 19.3 Å². The molecule has 3 aromatic carbocycles. The van der Waals surface area contributed by atoms with Crippen LogP contribution in [0.2, 0.25) is 0 Å². The number of hydrogen-bond donors (Lipinski definition) is 3. The number of fused-ring (bicyclic) bond motifs is 1. The summed E-state index contributed by atoms with van der Waals surface area (Å²) in [6.07, 6.45) is 0.0846. The predicted octanol–water partition coefficient (Wildman–Crippen LogP) is 5.00. The summed E-state index contributed by atoms with van der Waals surface area (Å²) >= 11 is 0. The van der Waals surface area contributed by atoms with E-state index in [4.69, 9.17) is 9.47 Å². The van der Waals surface area contributed by atoms with Gasteiger partial charge < -0.3 is 19.7 Å². The average Bonchev–Trinajstić information content (AvgIpc) is 2.99. The SMILES string of the molecule is CC(NC(=O)N(CCCN1CCOCC1)Cc1ccc(C(=O)NNC(=O)OC(C)(C)C)cc1)c1cccc2ccccc12. The second-order valence-electron chi connectivity index (χ2n) is 11.7. The van der Waals surface area contributed by atoms with Gasteiger partial charge in [-0.3, -0.25) is 15.1 Å². The standard InChI is InChI=1S/C33H43N5O5/c1-24(28-12-7-10-26-9-5-6-11-29(26)28)34-31(40)38(18-8-17-37-19-21-42-22-20-37)23-25-13-15-27(16-14-25)30(39)35-36-32(41)43-33(2,3)4/h5-7,9-16,24H,8,17-23H2,1-4H3,(H,34,40)(H,35,39)(H,36,41). The highest BCUT2D eigenvalue weighted by molar-refractivity contribution is 5.95. The molecule has 1 aliphatic rings. The second kappa shape index (κ2) is 14.8. The van der Waals surface area contributed by atoms with Crippen LogP contribution in [-0.4, -0.2) is 72.8 Å². The average molecular weight is 590 g/mol. The Kier molecular flexibility index (Phi) is 11.0. The van der Waals surface area contributed by atoms with Crippen molar-refractivity contribution in [2.75, 3.05) is 39.4 Å². The number of rotatable bonds is 9. The van der Waals surface area contributed by atoms with Crippen molar-refractivity contribution < 1.29 is 23.9 Å². The molecule has 1 fully saturated rings. The van der Waals surface area contributed by atoms with Gasteiger partial charge in [-0.15, -0.1) is 0 Å². The van der Waals surface area contributed by atoms with Gasteiger partial charge in [-0.25, -0.2) is 15.0 Å². The maximum absolute atomic E-state index is 13.6. The van der Waals surface area contributed by atoms with E-state index in [1.54, 1.807) is 32.9 Å². The molecule has 0 aromatic heterocycles. The van der Waals surface area contributed by atoms with E-state index < -0.39 is 17.6 Å². The highest BCUT2D eigenvalue weighted by Gasteiger charge is 2.20. The Hall–Kier alpha value is -4.15. The lowest BCUT2D eigenvalue weighted by atomic mass is 10.00. The summed E-state index contributed by atoms with van der Waals surface area (Å²) in [5.41, 5.74) is 6.26. The highest BCUT2D eigenvalue weighted by Crippen LogP contribution is 2.24. The van der Waals surface area contributed by atoms with Crippen LogP contribution in [0, 0.1) is 0 Å². The molecule has 0 radical (unpaired) electrons. The van der Waals surface area contributed by atoms with E-state index >= 15 is 0 Å². The van der Waals surface area contributed by atoms with E-state index in [0.717, 1.165) is 61.2 Å². The lowest BCUT2D eigenvalue weighted by molar-refractivity contribution is 0.0364. The molecule has 3 aromatic rings. The molecule has 3 N–H and O–H groups in total. The van der Waals surface area contributed by atoms with Crippen LogP contribution >= 0.6 is 0 Å². The molecule has 0 saturated carbocycles. The number of benzene rings is 3. The maximum Gasteiger partial charge on any atom is 0.426 e. The molecule has 0 aliphatic carbocycles. The van der Waals surface area contributed by atoms with Crippen LogP contribution in [-0.2, 0) is 16.0 Å². The predicted molar refractivity (Wildman–Crippen MR) is 166 cm³/mol. The topological polar surface area (TPSA) is 112 Å². The molecule has 1 heterocycles. The normalized spacial score (nSPS) is 14.5. The van der Waals surface area contributed by atoms with Crippen LogP contribution in [0.4, 0.5) is 9.59 Å². The minimum absolute atomic E-state index is 0.147. The zero-order valence-electron chi connectivity index (χ0n) is 25.5. The fraction of sp³-hybridized carbons (Fsp3) is 0.424. The molecule has 4 amide bonds. The monoisotopic (exact) mass is 589 g/mol. The van der Waals surface area contributed by atoms with Crippen molar-refractivity contribution in [3.8, 4) is 0 Å². The molecule has 1 atom stereocenters. The Morgan fingerprint density at radius 3 is 2.37 bits per heavy atom. The fourth-order valence-corrected chi connectivity index (χ4v) is 5.01. The number of amides is 4. The molecule has 0 bridgehead atoms. The van der Waals surface area contributed by atoms with Crippen LogP contribution in [0.1, 0.15) is 61.6 Å². The Bertz CT molecular complexity index is 1380. The van der Waals surface area contributed by atoms with E-state index in [9.17, 15) is 14.4 Å². The summed E-state index contributed by atoms with van der Waals surface area (Å²) < 4.78 is 10.6. The minimum atomic E-state index is -0.742. The second-order valence-corrected chi connectivity index (χ2v) is 11.7. The van der Waals surface area contributed by atoms with Crippen LogP contribution in [0.25, 0.3) is 10.8 Å². The van der Waals surface area contributed by atoms with Gasteiger partial charge >= 0.3 is 12.1 Å². The van der Waals surface area contributed by atoms with Crippen molar-refractivity contribution >= 4 is 28.8 Å². The fourth-order valence-electron chi connectivity index (χ4n) is 5.01. The van der Waals surface area contributed by atoms with Crippen molar-refractivity contribution in [2.45, 2.75) is 52.3 Å². The molecule has 1 aliphatic heterocycles. The Balaban J connectivity index is 1.40. The maximum atomic E-state index is 13.6. The van der Waals surface area contributed by atoms with Gasteiger partial charge in [0.25, 0.3) is 5.91 Å². The first-order valence-corrected chi connectivity index (χ1v) is 14.8. The third-order valence-corrected chi connectivity index (χ3v) is 7.19. The smallest absolute Gasteiger partial charge is 0.426 e. The van der Waals surface area contributed by atoms with E-state index in [-0.39, 0.29) is 12.1 Å². The first kappa shape index (κ1) is 31.8. The summed E-state index contributed by atoms with van der Waals surface area (Å²) in [4.78, 5) is 42.2. The number of nitrogens with zero attached hydrogens (tertiary/aromatic N) is 2. The number of morpholine rings is 1. The molecule has 10 heteroatoms. The number of urea groups is 1. The molecular formula is C33H43N5O5. The molecular weight excluding hydrogens is 546 g/mol. The Morgan fingerprint density at radius 2 is 1.65 bits per heavy atom. The number of ether oxygens (including phenoxy) is 2. The zero-order chi connectivity index (χ0) is 30.8. The number of carbonyl (C=O) groups excluding carboxylic acids is 3. The third-order valence-electron chi connectivity index (χ3n) is 7.19. The largest absolute Gasteiger partial charge is 0.443 e. The van der Waals surface area contributed by atoms with Gasteiger partial charge in [0, 0.05) is 38.3 Å². The molecule has 10 nitrogen and oxygen atoms in total. The van der Waals surface area contributed by atoms with Crippen LogP contribution < -0.4 is 16.2 Å². The highest BCUT2D eigenvalue weighted by atomic mass is 16.6. The molecule has 0 spiro atoms. The number of nitrogens with one attached hydrogen (secondary N) is 3. The first-order valence-electron chi connectivity index (χ1n) is 14.8. The summed E-state index contributed by atoms with van der Waals surface area (Å²) in [6, 6.07) is 21.0. The Labute approximate surface area is 253 Å². The lowest BCUT2D eigenvalue weighted by Gasteiger charge is -2.29. The van der Waals surface area contributed by atoms with Crippen LogP contribution in [0.5, 0.6) is 0 Å². The summed E-state index contributed by atoms with van der Waals surface area (Å²) in [6.45, 7) is 12.3. The van der Waals surface area contributed by atoms with Gasteiger partial charge in [0.15, 0.2) is 0 Å².